The Kier molecular flexibility index (Phi) is 7.87. The van der Waals surface area contributed by atoms with Crippen molar-refractivity contribution in [2.24, 2.45) is 5.92 Å². The summed E-state index contributed by atoms with van der Waals surface area (Å²) in [5.41, 5.74) is 0.342. The number of rotatable bonds is 6. The summed E-state index contributed by atoms with van der Waals surface area (Å²) in [4.78, 5) is 26.0. The molecule has 2 saturated heterocycles. The summed E-state index contributed by atoms with van der Waals surface area (Å²) < 4.78 is 38.0. The number of alkyl halides is 3. The molecule has 4 rings (SSSR count). The average Bonchev–Trinajstić information content (AvgIpc) is 2.85. The molecule has 2 aliphatic heterocycles. The van der Waals surface area contributed by atoms with Gasteiger partial charge in [0.15, 0.2) is 5.69 Å². The van der Waals surface area contributed by atoms with Crippen LogP contribution in [0.4, 0.5) is 23.8 Å². The van der Waals surface area contributed by atoms with Crippen LogP contribution in [0.5, 0.6) is 0 Å². The van der Waals surface area contributed by atoms with Crippen LogP contribution in [-0.4, -0.2) is 71.6 Å². The molecule has 0 radical (unpaired) electrons. The van der Waals surface area contributed by atoms with E-state index in [0.717, 1.165) is 51.3 Å². The molecular weight excluding hydrogens is 445 g/mol. The molecule has 2 aliphatic rings. The number of benzene rings is 1. The van der Waals surface area contributed by atoms with Gasteiger partial charge in [-0.3, -0.25) is 4.90 Å². The maximum atomic E-state index is 12.7. The third-order valence-corrected chi connectivity index (χ3v) is 6.60. The van der Waals surface area contributed by atoms with E-state index in [-0.39, 0.29) is 6.03 Å². The van der Waals surface area contributed by atoms with Crippen molar-refractivity contribution in [2.45, 2.75) is 32.0 Å². The second-order valence-electron chi connectivity index (χ2n) is 8.96. The van der Waals surface area contributed by atoms with Crippen LogP contribution >= 0.6 is 0 Å². The number of amides is 2. The first-order valence-corrected chi connectivity index (χ1v) is 11.8. The third-order valence-electron chi connectivity index (χ3n) is 6.60. The Morgan fingerprint density at radius 1 is 0.971 bits per heavy atom. The van der Waals surface area contributed by atoms with E-state index < -0.39 is 11.9 Å². The number of likely N-dealkylation sites (tertiary alicyclic amines) is 1. The molecule has 0 unspecified atom stereocenters. The number of halogens is 3. The fourth-order valence-electron chi connectivity index (χ4n) is 4.54. The summed E-state index contributed by atoms with van der Waals surface area (Å²) in [5, 5.41) is 3.03. The Labute approximate surface area is 198 Å². The van der Waals surface area contributed by atoms with E-state index >= 15 is 0 Å². The molecule has 0 atom stereocenters. The maximum Gasteiger partial charge on any atom is 0.434 e. The summed E-state index contributed by atoms with van der Waals surface area (Å²) in [5.74, 6) is 1.02. The van der Waals surface area contributed by atoms with Crippen LogP contribution in [0, 0.1) is 5.92 Å². The zero-order valence-corrected chi connectivity index (χ0v) is 19.2. The largest absolute Gasteiger partial charge is 0.434 e. The van der Waals surface area contributed by atoms with E-state index in [9.17, 15) is 18.0 Å². The van der Waals surface area contributed by atoms with E-state index in [4.69, 9.17) is 0 Å². The van der Waals surface area contributed by atoms with Crippen molar-refractivity contribution < 1.29 is 18.0 Å². The fraction of sp³-hybridized carbons (Fsp3) is 0.542. The molecule has 0 aliphatic carbocycles. The highest BCUT2D eigenvalue weighted by atomic mass is 19.4. The van der Waals surface area contributed by atoms with Gasteiger partial charge < -0.3 is 15.1 Å². The monoisotopic (exact) mass is 476 g/mol. The van der Waals surface area contributed by atoms with Crippen molar-refractivity contribution in [2.75, 3.05) is 50.7 Å². The van der Waals surface area contributed by atoms with Crippen LogP contribution in [0.1, 0.15) is 30.5 Å². The lowest BCUT2D eigenvalue weighted by molar-refractivity contribution is -0.141. The second kappa shape index (κ2) is 11.0. The number of piperazine rings is 1. The minimum atomic E-state index is -4.50. The summed E-state index contributed by atoms with van der Waals surface area (Å²) in [7, 11) is 0. The molecule has 7 nitrogen and oxygen atoms in total. The topological polar surface area (TPSA) is 64.6 Å². The number of carbonyl (C=O) groups excluding carboxylic acids is 1. The van der Waals surface area contributed by atoms with E-state index in [1.807, 2.05) is 11.0 Å². The normalized spacial score (nSPS) is 18.2. The zero-order valence-electron chi connectivity index (χ0n) is 19.2. The number of piperidine rings is 1. The predicted molar refractivity (Wildman–Crippen MR) is 123 cm³/mol. The minimum Gasteiger partial charge on any atom is -0.352 e. The van der Waals surface area contributed by atoms with Gasteiger partial charge in [-0.25, -0.2) is 14.8 Å². The Bertz CT molecular complexity index is 909. The number of hydrogen-bond donors (Lipinski definition) is 1. The van der Waals surface area contributed by atoms with Gasteiger partial charge >= 0.3 is 12.2 Å². The number of nitrogens with zero attached hydrogens (tertiary/aromatic N) is 5. The fourth-order valence-corrected chi connectivity index (χ4v) is 4.54. The molecule has 10 heteroatoms. The van der Waals surface area contributed by atoms with Gasteiger partial charge in [0.2, 0.25) is 0 Å². The SMILES string of the molecule is O=C(NCCC1CCN(Cc2ccccc2)CC1)N1CCN(c2cnc(C(F)(F)F)cn2)CC1. The highest BCUT2D eigenvalue weighted by Gasteiger charge is 2.33. The van der Waals surface area contributed by atoms with Crippen molar-refractivity contribution in [1.82, 2.24) is 25.1 Å². The molecule has 0 bridgehead atoms. The lowest BCUT2D eigenvalue weighted by Crippen LogP contribution is -2.52. The summed E-state index contributed by atoms with van der Waals surface area (Å²) in [6.45, 7) is 5.82. The number of urea groups is 1. The van der Waals surface area contributed by atoms with Crippen LogP contribution < -0.4 is 10.2 Å². The molecule has 0 spiro atoms. The maximum absolute atomic E-state index is 12.7. The number of aromatic nitrogens is 2. The number of hydrogen-bond acceptors (Lipinski definition) is 5. The standard InChI is InChI=1S/C24H31F3N6O/c25-24(26,27)21-16-30-22(17-29-21)32-12-14-33(15-13-32)23(34)28-9-6-19-7-10-31(11-8-19)18-20-4-2-1-3-5-20/h1-5,16-17,19H,6-15,18H2,(H,28,34). The highest BCUT2D eigenvalue weighted by molar-refractivity contribution is 5.74. The van der Waals surface area contributed by atoms with Crippen LogP contribution in [0.3, 0.4) is 0 Å². The van der Waals surface area contributed by atoms with Crippen LogP contribution in [0.15, 0.2) is 42.7 Å². The van der Waals surface area contributed by atoms with E-state index in [1.54, 1.807) is 4.90 Å². The molecule has 34 heavy (non-hydrogen) atoms. The Morgan fingerprint density at radius 2 is 1.68 bits per heavy atom. The Hall–Kier alpha value is -2.88. The molecular formula is C24H31F3N6O. The highest BCUT2D eigenvalue weighted by Crippen LogP contribution is 2.27. The first kappa shape index (κ1) is 24.3. The lowest BCUT2D eigenvalue weighted by atomic mass is 9.93. The molecule has 3 heterocycles. The molecule has 2 fully saturated rings. The second-order valence-corrected chi connectivity index (χ2v) is 8.96. The van der Waals surface area contributed by atoms with Crippen molar-refractivity contribution in [3.63, 3.8) is 0 Å². The van der Waals surface area contributed by atoms with Crippen LogP contribution in [-0.2, 0) is 12.7 Å². The van der Waals surface area contributed by atoms with Gasteiger partial charge in [0, 0.05) is 39.3 Å². The molecule has 0 saturated carbocycles. The summed E-state index contributed by atoms with van der Waals surface area (Å²) >= 11 is 0. The van der Waals surface area contributed by atoms with Gasteiger partial charge in [0.1, 0.15) is 5.82 Å². The van der Waals surface area contributed by atoms with Crippen molar-refractivity contribution >= 4 is 11.8 Å². The van der Waals surface area contributed by atoms with E-state index in [0.29, 0.717) is 44.5 Å². The number of carbonyl (C=O) groups is 1. The third kappa shape index (κ3) is 6.59. The Morgan fingerprint density at radius 3 is 2.29 bits per heavy atom. The van der Waals surface area contributed by atoms with E-state index in [1.165, 1.54) is 5.56 Å². The first-order chi connectivity index (χ1) is 16.4. The van der Waals surface area contributed by atoms with Crippen molar-refractivity contribution in [1.29, 1.82) is 0 Å². The Balaban J connectivity index is 1.12. The number of anilines is 1. The molecule has 1 aromatic carbocycles. The first-order valence-electron chi connectivity index (χ1n) is 11.8. The molecule has 184 valence electrons. The van der Waals surface area contributed by atoms with Gasteiger partial charge in [0.05, 0.1) is 12.4 Å². The smallest absolute Gasteiger partial charge is 0.352 e. The zero-order chi connectivity index (χ0) is 24.0. The quantitative estimate of drug-likeness (QED) is 0.690. The molecule has 2 aromatic rings. The van der Waals surface area contributed by atoms with Crippen molar-refractivity contribution in [3.8, 4) is 0 Å². The summed E-state index contributed by atoms with van der Waals surface area (Å²) in [6.07, 6.45) is 0.670. The van der Waals surface area contributed by atoms with Gasteiger partial charge in [-0.1, -0.05) is 30.3 Å². The minimum absolute atomic E-state index is 0.0836. The average molecular weight is 477 g/mol. The number of nitrogens with one attached hydrogen (secondary N) is 1. The predicted octanol–water partition coefficient (Wildman–Crippen LogP) is 3.63. The van der Waals surface area contributed by atoms with Gasteiger partial charge in [-0.15, -0.1) is 0 Å². The van der Waals surface area contributed by atoms with Crippen LogP contribution in [0.2, 0.25) is 0 Å². The van der Waals surface area contributed by atoms with Crippen molar-refractivity contribution in [3.05, 3.63) is 54.0 Å². The van der Waals surface area contributed by atoms with Crippen LogP contribution in [0.25, 0.3) is 0 Å². The molecule has 1 N–H and O–H groups in total. The van der Waals surface area contributed by atoms with Gasteiger partial charge in [-0.2, -0.15) is 13.2 Å². The van der Waals surface area contributed by atoms with E-state index in [2.05, 4.69) is 44.5 Å². The van der Waals surface area contributed by atoms with Gasteiger partial charge in [-0.05, 0) is 43.8 Å². The van der Waals surface area contributed by atoms with Gasteiger partial charge in [0.25, 0.3) is 0 Å². The molecule has 1 aromatic heterocycles. The lowest BCUT2D eigenvalue weighted by Gasteiger charge is -2.35. The summed E-state index contributed by atoms with van der Waals surface area (Å²) in [6, 6.07) is 10.4. The molecule has 2 amide bonds.